The van der Waals surface area contributed by atoms with E-state index >= 15 is 0 Å². The average molecular weight is 377 g/mol. The number of nitrogen functional groups attached to an aromatic ring is 1. The standard InChI is InChI=1S/C16H13ClN4O3S/c17-14-15(11-4-2-1-3-5-11)21(20-16(14)19-10-22)25(23,24)13-8-6-12(18)7-9-13/h1-10H,18H2,(H,19,20,22). The maximum absolute atomic E-state index is 13.0. The molecule has 3 aromatic rings. The van der Waals surface area contributed by atoms with E-state index in [1.54, 1.807) is 30.3 Å². The first-order valence-corrected chi connectivity index (χ1v) is 8.92. The average Bonchev–Trinajstić information content (AvgIpc) is 2.94. The van der Waals surface area contributed by atoms with Crippen LogP contribution < -0.4 is 11.1 Å². The van der Waals surface area contributed by atoms with E-state index in [9.17, 15) is 13.2 Å². The van der Waals surface area contributed by atoms with Crippen LogP contribution in [0.4, 0.5) is 11.5 Å². The molecule has 25 heavy (non-hydrogen) atoms. The van der Waals surface area contributed by atoms with Crippen molar-refractivity contribution in [2.24, 2.45) is 0 Å². The maximum Gasteiger partial charge on any atom is 0.283 e. The lowest BCUT2D eigenvalue weighted by Gasteiger charge is -2.09. The summed E-state index contributed by atoms with van der Waals surface area (Å²) in [6.07, 6.45) is 0.378. The fourth-order valence-electron chi connectivity index (χ4n) is 2.28. The van der Waals surface area contributed by atoms with E-state index in [1.807, 2.05) is 0 Å². The Kier molecular flexibility index (Phi) is 4.47. The molecule has 9 heteroatoms. The van der Waals surface area contributed by atoms with Crippen molar-refractivity contribution in [3.05, 3.63) is 59.6 Å². The molecule has 0 bridgehead atoms. The summed E-state index contributed by atoms with van der Waals surface area (Å²) in [6, 6.07) is 14.4. The van der Waals surface area contributed by atoms with Gasteiger partial charge in [0.25, 0.3) is 10.0 Å². The summed E-state index contributed by atoms with van der Waals surface area (Å²) < 4.78 is 26.8. The van der Waals surface area contributed by atoms with Gasteiger partial charge in [0.2, 0.25) is 6.41 Å². The number of rotatable bonds is 5. The van der Waals surface area contributed by atoms with E-state index in [-0.39, 0.29) is 21.4 Å². The SMILES string of the molecule is Nc1ccc(S(=O)(=O)n2nc(NC=O)c(Cl)c2-c2ccccc2)cc1. The highest BCUT2D eigenvalue weighted by Gasteiger charge is 2.27. The molecule has 0 aliphatic rings. The van der Waals surface area contributed by atoms with Crippen LogP contribution in [-0.2, 0) is 14.8 Å². The Bertz CT molecular complexity index is 1020. The topological polar surface area (TPSA) is 107 Å². The molecule has 2 aromatic carbocycles. The lowest BCUT2D eigenvalue weighted by atomic mass is 10.1. The number of carbonyl (C=O) groups is 1. The Morgan fingerprint density at radius 3 is 2.32 bits per heavy atom. The number of carbonyl (C=O) groups excluding carboxylic acids is 1. The number of aromatic nitrogens is 2. The molecule has 0 aliphatic heterocycles. The quantitative estimate of drug-likeness (QED) is 0.525. The molecule has 1 aromatic heterocycles. The first-order valence-electron chi connectivity index (χ1n) is 7.10. The molecule has 3 rings (SSSR count). The summed E-state index contributed by atoms with van der Waals surface area (Å²) in [5.74, 6) is -0.0467. The van der Waals surface area contributed by atoms with E-state index in [0.717, 1.165) is 4.09 Å². The van der Waals surface area contributed by atoms with Crippen molar-refractivity contribution in [1.29, 1.82) is 0 Å². The minimum Gasteiger partial charge on any atom is -0.399 e. The zero-order chi connectivity index (χ0) is 18.0. The first-order chi connectivity index (χ1) is 11.9. The van der Waals surface area contributed by atoms with Gasteiger partial charge in [0.1, 0.15) is 10.7 Å². The van der Waals surface area contributed by atoms with Gasteiger partial charge in [-0.25, -0.2) is 0 Å². The summed E-state index contributed by atoms with van der Waals surface area (Å²) in [5, 5.41) is 6.30. The van der Waals surface area contributed by atoms with E-state index < -0.39 is 10.0 Å². The summed E-state index contributed by atoms with van der Waals surface area (Å²) in [5.41, 5.74) is 6.74. The minimum atomic E-state index is -4.04. The number of anilines is 2. The van der Waals surface area contributed by atoms with E-state index in [2.05, 4.69) is 10.4 Å². The number of amides is 1. The van der Waals surface area contributed by atoms with Gasteiger partial charge in [-0.3, -0.25) is 4.79 Å². The number of hydrogen-bond donors (Lipinski definition) is 2. The normalized spacial score (nSPS) is 11.2. The molecule has 0 fully saturated rings. The number of halogens is 1. The molecule has 128 valence electrons. The van der Waals surface area contributed by atoms with Crippen LogP contribution in [0.1, 0.15) is 0 Å². The molecular weight excluding hydrogens is 364 g/mol. The van der Waals surface area contributed by atoms with Gasteiger partial charge in [-0.15, -0.1) is 9.19 Å². The Labute approximate surface area is 149 Å². The molecule has 0 spiro atoms. The highest BCUT2D eigenvalue weighted by Crippen LogP contribution is 2.35. The van der Waals surface area contributed by atoms with Crippen LogP contribution in [0.5, 0.6) is 0 Å². The second-order valence-corrected chi connectivity index (χ2v) is 7.20. The van der Waals surface area contributed by atoms with Crippen molar-refractivity contribution < 1.29 is 13.2 Å². The van der Waals surface area contributed by atoms with Gasteiger partial charge in [0.15, 0.2) is 5.82 Å². The highest BCUT2D eigenvalue weighted by molar-refractivity contribution is 7.90. The molecule has 0 radical (unpaired) electrons. The molecule has 1 heterocycles. The lowest BCUT2D eigenvalue weighted by molar-refractivity contribution is -0.105. The predicted octanol–water partition coefficient (Wildman–Crippen LogP) is 2.59. The van der Waals surface area contributed by atoms with Crippen LogP contribution in [0.25, 0.3) is 11.3 Å². The third kappa shape index (κ3) is 3.09. The third-order valence-electron chi connectivity index (χ3n) is 3.45. The van der Waals surface area contributed by atoms with Crippen molar-refractivity contribution in [3.63, 3.8) is 0 Å². The molecule has 0 saturated heterocycles. The second kappa shape index (κ2) is 6.58. The lowest BCUT2D eigenvalue weighted by Crippen LogP contribution is -2.16. The number of hydrogen-bond acceptors (Lipinski definition) is 5. The second-order valence-electron chi connectivity index (χ2n) is 5.06. The van der Waals surface area contributed by atoms with Gasteiger partial charge in [-0.2, -0.15) is 8.42 Å². The van der Waals surface area contributed by atoms with Crippen molar-refractivity contribution in [3.8, 4) is 11.3 Å². The van der Waals surface area contributed by atoms with Crippen molar-refractivity contribution in [2.75, 3.05) is 11.1 Å². The van der Waals surface area contributed by atoms with Crippen LogP contribution in [0.3, 0.4) is 0 Å². The van der Waals surface area contributed by atoms with E-state index in [0.29, 0.717) is 17.7 Å². The third-order valence-corrected chi connectivity index (χ3v) is 5.39. The fraction of sp³-hybridized carbons (Fsp3) is 0. The van der Waals surface area contributed by atoms with Crippen molar-refractivity contribution >= 4 is 39.5 Å². The van der Waals surface area contributed by atoms with Gasteiger partial charge in [-0.05, 0) is 24.3 Å². The largest absolute Gasteiger partial charge is 0.399 e. The number of nitrogens with one attached hydrogen (secondary N) is 1. The van der Waals surface area contributed by atoms with Gasteiger partial charge >= 0.3 is 0 Å². The summed E-state index contributed by atoms with van der Waals surface area (Å²) in [6.45, 7) is 0. The first kappa shape index (κ1) is 17.0. The Morgan fingerprint density at radius 1 is 1.08 bits per heavy atom. The van der Waals surface area contributed by atoms with Crippen LogP contribution in [0, 0.1) is 0 Å². The Hall–Kier alpha value is -2.84. The van der Waals surface area contributed by atoms with Crippen LogP contribution in [-0.4, -0.2) is 24.0 Å². The summed E-state index contributed by atoms with van der Waals surface area (Å²) >= 11 is 6.27. The maximum atomic E-state index is 13.0. The summed E-state index contributed by atoms with van der Waals surface area (Å²) in [4.78, 5) is 10.8. The zero-order valence-corrected chi connectivity index (χ0v) is 14.3. The number of benzene rings is 2. The Balaban J connectivity index is 2.26. The molecule has 0 aliphatic carbocycles. The summed E-state index contributed by atoms with van der Waals surface area (Å²) in [7, 11) is -4.04. The van der Waals surface area contributed by atoms with Crippen LogP contribution >= 0.6 is 11.6 Å². The predicted molar refractivity (Wildman–Crippen MR) is 95.8 cm³/mol. The molecule has 3 N–H and O–H groups in total. The fourth-order valence-corrected chi connectivity index (χ4v) is 3.91. The van der Waals surface area contributed by atoms with Gasteiger partial charge in [-0.1, -0.05) is 41.9 Å². The van der Waals surface area contributed by atoms with Crippen molar-refractivity contribution in [1.82, 2.24) is 9.19 Å². The van der Waals surface area contributed by atoms with E-state index in [4.69, 9.17) is 17.3 Å². The smallest absolute Gasteiger partial charge is 0.283 e. The molecule has 0 unspecified atom stereocenters. The van der Waals surface area contributed by atoms with Crippen molar-refractivity contribution in [2.45, 2.75) is 4.90 Å². The zero-order valence-electron chi connectivity index (χ0n) is 12.8. The van der Waals surface area contributed by atoms with Gasteiger partial charge in [0.05, 0.1) is 4.90 Å². The highest BCUT2D eigenvalue weighted by atomic mass is 35.5. The van der Waals surface area contributed by atoms with E-state index in [1.165, 1.54) is 24.3 Å². The van der Waals surface area contributed by atoms with Gasteiger partial charge in [0, 0.05) is 11.3 Å². The number of nitrogens with two attached hydrogens (primary N) is 1. The van der Waals surface area contributed by atoms with Crippen LogP contribution in [0.2, 0.25) is 5.02 Å². The minimum absolute atomic E-state index is 0.00398. The van der Waals surface area contributed by atoms with Gasteiger partial charge < -0.3 is 11.1 Å². The number of nitrogens with zero attached hydrogens (tertiary/aromatic N) is 2. The molecule has 0 atom stereocenters. The molecule has 7 nitrogen and oxygen atoms in total. The molecular formula is C16H13ClN4O3S. The molecule has 0 saturated carbocycles. The molecule has 1 amide bonds. The Morgan fingerprint density at radius 2 is 1.72 bits per heavy atom. The monoisotopic (exact) mass is 376 g/mol. The van der Waals surface area contributed by atoms with Crippen LogP contribution in [0.15, 0.2) is 59.5 Å².